The summed E-state index contributed by atoms with van der Waals surface area (Å²) in [6, 6.07) is 77.5. The molecular weight excluding hydrogens is 715 g/mol. The molecule has 0 saturated heterocycles. The average molecular weight is 756 g/mol. The second-order valence-corrected chi connectivity index (χ2v) is 15.6. The zero-order chi connectivity index (χ0) is 39.5. The minimum Gasteiger partial charge on any atom is -0.311 e. The fraction of sp³-hybridized carbons (Fsp3) is 0.0357. The molecule has 0 aliphatic rings. The quantitative estimate of drug-likeness (QED) is 0.158. The Hall–Kier alpha value is -7.62. The lowest BCUT2D eigenvalue weighted by molar-refractivity contribution is 1.18. The van der Waals surface area contributed by atoms with Crippen molar-refractivity contribution in [1.82, 2.24) is 9.13 Å². The number of anilines is 3. The lowest BCUT2D eigenvalue weighted by atomic mass is 10.0. The second-order valence-electron chi connectivity index (χ2n) is 15.6. The maximum absolute atomic E-state index is 2.40. The Morgan fingerprint density at radius 2 is 0.644 bits per heavy atom. The molecule has 0 aliphatic carbocycles. The molecule has 2 heterocycles. The van der Waals surface area contributed by atoms with Crippen molar-refractivity contribution in [3.05, 3.63) is 223 Å². The zero-order valence-corrected chi connectivity index (χ0v) is 33.0. The Morgan fingerprint density at radius 1 is 0.288 bits per heavy atom. The van der Waals surface area contributed by atoms with E-state index in [1.807, 2.05) is 0 Å². The van der Waals surface area contributed by atoms with Crippen molar-refractivity contribution in [3.8, 4) is 33.6 Å². The standard InChI is InChI=1S/C56H41N3/c1-38-16-26-45(27-17-38)57(46-28-18-39(2)19-29-46)47-30-20-40(21-31-47)41-22-32-48(33-23-41)59-54-15-9-7-13-50(54)52-37-43(25-35-56(52)59)42-24-34-55-51(36-42)49-12-6-8-14-53(49)58(55)44-10-4-3-5-11-44/h3-37H,1-2H3. The van der Waals surface area contributed by atoms with Gasteiger partial charge in [-0.1, -0.05) is 126 Å². The van der Waals surface area contributed by atoms with Gasteiger partial charge in [-0.25, -0.2) is 0 Å². The van der Waals surface area contributed by atoms with Crippen LogP contribution in [0.3, 0.4) is 0 Å². The smallest absolute Gasteiger partial charge is 0.0541 e. The van der Waals surface area contributed by atoms with Gasteiger partial charge in [0.2, 0.25) is 0 Å². The van der Waals surface area contributed by atoms with Crippen LogP contribution in [0.5, 0.6) is 0 Å². The molecule has 3 heteroatoms. The van der Waals surface area contributed by atoms with Crippen molar-refractivity contribution in [2.75, 3.05) is 4.90 Å². The monoisotopic (exact) mass is 755 g/mol. The highest BCUT2D eigenvalue weighted by Gasteiger charge is 2.17. The molecule has 0 radical (unpaired) electrons. The minimum atomic E-state index is 1.13. The predicted molar refractivity (Wildman–Crippen MR) is 250 cm³/mol. The molecule has 59 heavy (non-hydrogen) atoms. The first kappa shape index (κ1) is 34.6. The van der Waals surface area contributed by atoms with E-state index in [2.05, 4.69) is 240 Å². The molecule has 11 rings (SSSR count). The first-order valence-electron chi connectivity index (χ1n) is 20.3. The number of nitrogens with zero attached hydrogens (tertiary/aromatic N) is 3. The van der Waals surface area contributed by atoms with E-state index in [0.717, 1.165) is 22.7 Å². The van der Waals surface area contributed by atoms with Gasteiger partial charge in [0.05, 0.1) is 22.1 Å². The summed E-state index contributed by atoms with van der Waals surface area (Å²) in [5.74, 6) is 0. The van der Waals surface area contributed by atoms with Crippen LogP contribution in [0.4, 0.5) is 17.1 Å². The van der Waals surface area contributed by atoms with E-state index in [4.69, 9.17) is 0 Å². The largest absolute Gasteiger partial charge is 0.311 e. The van der Waals surface area contributed by atoms with Crippen LogP contribution in [-0.2, 0) is 0 Å². The third-order valence-electron chi connectivity index (χ3n) is 11.9. The van der Waals surface area contributed by atoms with Gasteiger partial charge in [-0.3, -0.25) is 0 Å². The molecule has 0 unspecified atom stereocenters. The number of fused-ring (bicyclic) bond motifs is 6. The lowest BCUT2D eigenvalue weighted by Gasteiger charge is -2.26. The molecule has 3 nitrogen and oxygen atoms in total. The van der Waals surface area contributed by atoms with E-state index < -0.39 is 0 Å². The van der Waals surface area contributed by atoms with Crippen LogP contribution >= 0.6 is 0 Å². The van der Waals surface area contributed by atoms with Crippen LogP contribution in [0.25, 0.3) is 77.2 Å². The van der Waals surface area contributed by atoms with Crippen molar-refractivity contribution >= 4 is 60.7 Å². The normalized spacial score (nSPS) is 11.6. The Balaban J connectivity index is 0.942. The first-order chi connectivity index (χ1) is 29.1. The van der Waals surface area contributed by atoms with Gasteiger partial charge in [-0.05, 0) is 133 Å². The van der Waals surface area contributed by atoms with Crippen molar-refractivity contribution < 1.29 is 0 Å². The first-order valence-corrected chi connectivity index (χ1v) is 20.3. The van der Waals surface area contributed by atoms with E-state index in [1.165, 1.54) is 82.7 Å². The van der Waals surface area contributed by atoms with Crippen LogP contribution in [0.1, 0.15) is 11.1 Å². The molecule has 0 aliphatic heterocycles. The van der Waals surface area contributed by atoms with E-state index in [-0.39, 0.29) is 0 Å². The van der Waals surface area contributed by atoms with Gasteiger partial charge >= 0.3 is 0 Å². The van der Waals surface area contributed by atoms with Gasteiger partial charge in [0.15, 0.2) is 0 Å². The molecule has 0 amide bonds. The van der Waals surface area contributed by atoms with Crippen LogP contribution in [0.15, 0.2) is 212 Å². The number of benzene rings is 9. The summed E-state index contributed by atoms with van der Waals surface area (Å²) in [5, 5.41) is 5.01. The maximum Gasteiger partial charge on any atom is 0.0541 e. The highest BCUT2D eigenvalue weighted by atomic mass is 15.1. The van der Waals surface area contributed by atoms with E-state index in [9.17, 15) is 0 Å². The molecule has 11 aromatic rings. The average Bonchev–Trinajstić information content (AvgIpc) is 3.80. The number of hydrogen-bond donors (Lipinski definition) is 0. The molecule has 0 bridgehead atoms. The van der Waals surface area contributed by atoms with Gasteiger partial charge < -0.3 is 14.0 Å². The fourth-order valence-electron chi connectivity index (χ4n) is 8.88. The summed E-state index contributed by atoms with van der Waals surface area (Å²) < 4.78 is 4.78. The van der Waals surface area contributed by atoms with Crippen LogP contribution in [0.2, 0.25) is 0 Å². The van der Waals surface area contributed by atoms with Gasteiger partial charge in [-0.2, -0.15) is 0 Å². The predicted octanol–water partition coefficient (Wildman–Crippen LogP) is 15.3. The molecule has 0 fully saturated rings. The van der Waals surface area contributed by atoms with Crippen molar-refractivity contribution in [2.45, 2.75) is 13.8 Å². The van der Waals surface area contributed by atoms with Crippen LogP contribution in [-0.4, -0.2) is 9.13 Å². The Morgan fingerprint density at radius 3 is 1.12 bits per heavy atom. The molecule has 280 valence electrons. The van der Waals surface area contributed by atoms with E-state index in [0.29, 0.717) is 0 Å². The van der Waals surface area contributed by atoms with Gasteiger partial charge in [-0.15, -0.1) is 0 Å². The molecule has 9 aromatic carbocycles. The van der Waals surface area contributed by atoms with Crippen molar-refractivity contribution in [1.29, 1.82) is 0 Å². The van der Waals surface area contributed by atoms with Crippen LogP contribution in [0, 0.1) is 13.8 Å². The highest BCUT2D eigenvalue weighted by molar-refractivity contribution is 6.12. The lowest BCUT2D eigenvalue weighted by Crippen LogP contribution is -2.09. The van der Waals surface area contributed by atoms with Crippen molar-refractivity contribution in [2.24, 2.45) is 0 Å². The van der Waals surface area contributed by atoms with E-state index in [1.54, 1.807) is 0 Å². The number of aromatic nitrogens is 2. The maximum atomic E-state index is 2.40. The topological polar surface area (TPSA) is 13.1 Å². The van der Waals surface area contributed by atoms with E-state index >= 15 is 0 Å². The summed E-state index contributed by atoms with van der Waals surface area (Å²) in [6.45, 7) is 4.26. The molecule has 0 N–H and O–H groups in total. The third kappa shape index (κ3) is 5.98. The minimum absolute atomic E-state index is 1.13. The van der Waals surface area contributed by atoms with Gasteiger partial charge in [0.25, 0.3) is 0 Å². The van der Waals surface area contributed by atoms with Gasteiger partial charge in [0.1, 0.15) is 0 Å². The number of para-hydroxylation sites is 3. The third-order valence-corrected chi connectivity index (χ3v) is 11.9. The number of aryl methyl sites for hydroxylation is 2. The summed E-state index contributed by atoms with van der Waals surface area (Å²) >= 11 is 0. The SMILES string of the molecule is Cc1ccc(N(c2ccc(C)cc2)c2ccc(-c3ccc(-n4c5ccccc5c5cc(-c6ccc7c(c6)c6ccccc6n7-c6ccccc6)ccc54)cc3)cc2)cc1. The summed E-state index contributed by atoms with van der Waals surface area (Å²) in [7, 11) is 0. The fourth-order valence-corrected chi connectivity index (χ4v) is 8.88. The molecule has 0 atom stereocenters. The summed E-state index contributed by atoms with van der Waals surface area (Å²) in [5.41, 5.74) is 17.8. The molecule has 2 aromatic heterocycles. The number of hydrogen-bond acceptors (Lipinski definition) is 1. The van der Waals surface area contributed by atoms with Gasteiger partial charge in [0, 0.05) is 50.0 Å². The van der Waals surface area contributed by atoms with Crippen molar-refractivity contribution in [3.63, 3.8) is 0 Å². The molecule has 0 spiro atoms. The molecular formula is C56H41N3. The number of rotatable bonds is 7. The zero-order valence-electron chi connectivity index (χ0n) is 33.0. The summed E-state index contributed by atoms with van der Waals surface area (Å²) in [6.07, 6.45) is 0. The Labute approximate surface area is 344 Å². The second kappa shape index (κ2) is 14.1. The highest BCUT2D eigenvalue weighted by Crippen LogP contribution is 2.40. The molecule has 0 saturated carbocycles. The Kier molecular flexibility index (Phi) is 8.27. The summed E-state index contributed by atoms with van der Waals surface area (Å²) in [4.78, 5) is 2.32. The Bertz CT molecular complexity index is 3250. The van der Waals surface area contributed by atoms with Crippen LogP contribution < -0.4 is 4.90 Å².